The van der Waals surface area contributed by atoms with Gasteiger partial charge in [-0.1, -0.05) is 0 Å². The van der Waals surface area contributed by atoms with Crippen LogP contribution in [-0.2, 0) is 13.8 Å². The van der Waals surface area contributed by atoms with E-state index in [-0.39, 0.29) is 11.2 Å². The van der Waals surface area contributed by atoms with Crippen LogP contribution in [0.15, 0.2) is 0 Å². The molecule has 3 unspecified atom stereocenters. The van der Waals surface area contributed by atoms with Gasteiger partial charge in [0.2, 0.25) is 9.05 Å². The molecule has 1 aliphatic heterocycles. The zero-order chi connectivity index (χ0) is 8.06. The molecule has 0 radical (unpaired) electrons. The van der Waals surface area contributed by atoms with Gasteiger partial charge in [0.1, 0.15) is 0 Å². The molecule has 64 valence electrons. The Balaban J connectivity index is 2.12. The van der Waals surface area contributed by atoms with Gasteiger partial charge < -0.3 is 4.74 Å². The van der Waals surface area contributed by atoms with E-state index in [1.165, 1.54) is 0 Å². The van der Waals surface area contributed by atoms with Gasteiger partial charge in [-0.05, 0) is 12.3 Å². The summed E-state index contributed by atoms with van der Waals surface area (Å²) in [5.74, 6) is 0.631. The van der Waals surface area contributed by atoms with E-state index in [1.807, 2.05) is 0 Å². The van der Waals surface area contributed by atoms with Crippen molar-refractivity contribution in [3.05, 3.63) is 0 Å². The first kappa shape index (κ1) is 7.83. The smallest absolute Gasteiger partial charge is 0.235 e. The molecule has 0 aromatic rings. The molecule has 2 fully saturated rings. The van der Waals surface area contributed by atoms with Gasteiger partial charge in [-0.3, -0.25) is 0 Å². The third-order valence-electron chi connectivity index (χ3n) is 2.62. The first-order chi connectivity index (χ1) is 5.09. The molecule has 0 bridgehead atoms. The van der Waals surface area contributed by atoms with Crippen LogP contribution < -0.4 is 0 Å². The lowest BCUT2D eigenvalue weighted by molar-refractivity contribution is 0.187. The first-order valence-corrected chi connectivity index (χ1v) is 5.97. The predicted molar refractivity (Wildman–Crippen MR) is 41.0 cm³/mol. The van der Waals surface area contributed by atoms with Crippen LogP contribution in [0.3, 0.4) is 0 Å². The Morgan fingerprint density at radius 1 is 1.36 bits per heavy atom. The highest BCUT2D eigenvalue weighted by molar-refractivity contribution is 8.14. The molecular weight excluding hydrogens is 188 g/mol. The quantitative estimate of drug-likeness (QED) is 0.577. The largest absolute Gasteiger partial charge is 0.381 e. The molecule has 1 saturated carbocycles. The number of fused-ring (bicyclic) bond motifs is 1. The van der Waals surface area contributed by atoms with E-state index >= 15 is 0 Å². The zero-order valence-electron chi connectivity index (χ0n) is 5.86. The number of hydrogen-bond acceptors (Lipinski definition) is 3. The van der Waals surface area contributed by atoms with Crippen LogP contribution in [0.5, 0.6) is 0 Å². The van der Waals surface area contributed by atoms with E-state index in [4.69, 9.17) is 15.4 Å². The minimum atomic E-state index is -3.33. The van der Waals surface area contributed by atoms with Crippen molar-refractivity contribution in [3.63, 3.8) is 0 Å². The van der Waals surface area contributed by atoms with Crippen molar-refractivity contribution < 1.29 is 13.2 Å². The van der Waals surface area contributed by atoms with Gasteiger partial charge in [0.15, 0.2) is 0 Å². The number of rotatable bonds is 1. The minimum Gasteiger partial charge on any atom is -0.381 e. The van der Waals surface area contributed by atoms with Gasteiger partial charge in [0.05, 0.1) is 11.9 Å². The molecule has 3 nitrogen and oxygen atoms in total. The monoisotopic (exact) mass is 196 g/mol. The molecule has 2 rings (SSSR count). The van der Waals surface area contributed by atoms with Crippen LogP contribution in [0.2, 0.25) is 0 Å². The molecule has 5 heteroatoms. The van der Waals surface area contributed by atoms with Crippen LogP contribution in [0, 0.1) is 11.8 Å². The van der Waals surface area contributed by atoms with Crippen molar-refractivity contribution in [1.29, 1.82) is 0 Å². The van der Waals surface area contributed by atoms with E-state index in [1.54, 1.807) is 0 Å². The lowest BCUT2D eigenvalue weighted by atomic mass is 9.76. The fraction of sp³-hybridized carbons (Fsp3) is 1.00. The summed E-state index contributed by atoms with van der Waals surface area (Å²) in [6.45, 7) is 1.29. The molecule has 2 aliphatic rings. The second-order valence-corrected chi connectivity index (χ2v) is 6.06. The summed E-state index contributed by atoms with van der Waals surface area (Å²) in [5.41, 5.74) is 0. The van der Waals surface area contributed by atoms with Gasteiger partial charge in [-0.2, -0.15) is 0 Å². The maximum atomic E-state index is 10.9. The summed E-state index contributed by atoms with van der Waals surface area (Å²) in [5, 5.41) is -0.336. The van der Waals surface area contributed by atoms with Crippen LogP contribution in [-0.4, -0.2) is 26.9 Å². The molecule has 0 amide bonds. The van der Waals surface area contributed by atoms with Crippen LogP contribution in [0.25, 0.3) is 0 Å². The maximum absolute atomic E-state index is 10.9. The summed E-state index contributed by atoms with van der Waals surface area (Å²) >= 11 is 0. The van der Waals surface area contributed by atoms with Crippen molar-refractivity contribution in [1.82, 2.24) is 0 Å². The number of ether oxygens (including phenoxy) is 1. The third kappa shape index (κ3) is 1.17. The lowest BCUT2D eigenvalue weighted by Gasteiger charge is -2.35. The second-order valence-electron chi connectivity index (χ2n) is 3.21. The predicted octanol–water partition coefficient (Wildman–Crippen LogP) is 0.590. The fourth-order valence-corrected chi connectivity index (χ4v) is 3.68. The van der Waals surface area contributed by atoms with Gasteiger partial charge in [0.25, 0.3) is 0 Å². The Bertz CT molecular complexity index is 261. The van der Waals surface area contributed by atoms with Gasteiger partial charge in [0, 0.05) is 23.2 Å². The van der Waals surface area contributed by atoms with Crippen molar-refractivity contribution in [2.24, 2.45) is 11.8 Å². The number of hydrogen-bond donors (Lipinski definition) is 0. The summed E-state index contributed by atoms with van der Waals surface area (Å²) in [6.07, 6.45) is 0.691. The Hall–Kier alpha value is 0.200. The lowest BCUT2D eigenvalue weighted by Crippen LogP contribution is -2.43. The van der Waals surface area contributed by atoms with Crippen LogP contribution in [0.4, 0.5) is 0 Å². The SMILES string of the molecule is O=S(=O)(Cl)C1CC2COCC21. The van der Waals surface area contributed by atoms with E-state index < -0.39 is 9.05 Å². The highest BCUT2D eigenvalue weighted by atomic mass is 35.7. The molecule has 11 heavy (non-hydrogen) atoms. The molecule has 1 aliphatic carbocycles. The highest BCUT2D eigenvalue weighted by Gasteiger charge is 2.50. The van der Waals surface area contributed by atoms with E-state index in [0.717, 1.165) is 0 Å². The first-order valence-electron chi connectivity index (χ1n) is 3.60. The minimum absolute atomic E-state index is 0.178. The van der Waals surface area contributed by atoms with Crippen molar-refractivity contribution in [2.45, 2.75) is 11.7 Å². The summed E-state index contributed by atoms with van der Waals surface area (Å²) in [7, 11) is 1.89. The van der Waals surface area contributed by atoms with Crippen molar-refractivity contribution in [3.8, 4) is 0 Å². The topological polar surface area (TPSA) is 43.4 Å². The summed E-state index contributed by atoms with van der Waals surface area (Å²) < 4.78 is 26.9. The Morgan fingerprint density at radius 2 is 2.09 bits per heavy atom. The average Bonchev–Trinajstić information content (AvgIpc) is 2.08. The molecule has 3 atom stereocenters. The van der Waals surface area contributed by atoms with E-state index in [9.17, 15) is 8.42 Å². The molecule has 1 saturated heterocycles. The normalized spacial score (nSPS) is 43.2. The fourth-order valence-electron chi connectivity index (χ4n) is 1.87. The van der Waals surface area contributed by atoms with Gasteiger partial charge >= 0.3 is 0 Å². The van der Waals surface area contributed by atoms with Crippen molar-refractivity contribution in [2.75, 3.05) is 13.2 Å². The molecule has 0 N–H and O–H groups in total. The maximum Gasteiger partial charge on any atom is 0.235 e. The Kier molecular flexibility index (Phi) is 1.67. The highest BCUT2D eigenvalue weighted by Crippen LogP contribution is 2.44. The number of halogens is 1. The molecule has 1 heterocycles. The summed E-state index contributed by atoms with van der Waals surface area (Å²) in [4.78, 5) is 0. The third-order valence-corrected chi connectivity index (χ3v) is 4.57. The van der Waals surface area contributed by atoms with Gasteiger partial charge in [-0.25, -0.2) is 8.42 Å². The Morgan fingerprint density at radius 3 is 2.64 bits per heavy atom. The molecule has 0 aromatic carbocycles. The van der Waals surface area contributed by atoms with Gasteiger partial charge in [-0.15, -0.1) is 0 Å². The summed E-state index contributed by atoms with van der Waals surface area (Å²) in [6, 6.07) is 0. The van der Waals surface area contributed by atoms with E-state index in [0.29, 0.717) is 25.6 Å². The zero-order valence-corrected chi connectivity index (χ0v) is 7.44. The second kappa shape index (κ2) is 2.34. The standard InChI is InChI=1S/C6H9ClO3S/c7-11(8,9)6-1-4-2-10-3-5(4)6/h4-6H,1-3H2. The van der Waals surface area contributed by atoms with E-state index in [2.05, 4.69) is 0 Å². The van der Waals surface area contributed by atoms with Crippen molar-refractivity contribution >= 4 is 19.7 Å². The van der Waals surface area contributed by atoms with Crippen LogP contribution >= 0.6 is 10.7 Å². The molecule has 0 aromatic heterocycles. The molecular formula is C6H9ClO3S. The van der Waals surface area contributed by atoms with Crippen LogP contribution in [0.1, 0.15) is 6.42 Å². The molecule has 0 spiro atoms. The average molecular weight is 197 g/mol. The Labute approximate surface area is 70.1 Å².